The maximum Gasteiger partial charge on any atom is 0.271 e. The lowest BCUT2D eigenvalue weighted by atomic mass is 9.75. The molecule has 3 rings (SSSR count). The zero-order chi connectivity index (χ0) is 18.1. The number of nitrogens with one attached hydrogen (secondary N) is 1. The zero-order valence-electron chi connectivity index (χ0n) is 14.7. The highest BCUT2D eigenvalue weighted by Crippen LogP contribution is 2.51. The maximum atomic E-state index is 13.2. The monoisotopic (exact) mass is 343 g/mol. The molecule has 1 aliphatic carbocycles. The molecule has 1 saturated carbocycles. The lowest BCUT2D eigenvalue weighted by Crippen LogP contribution is -2.50. The standard InChI is InChI=1S/C19H22FN3O2/c1-4-25-16-12-21-15(11-22-16)17(24)23-19(9-10-19)18(2,3)13-5-7-14(20)8-6-13/h5-8,11-12H,4,9-10H2,1-3H3,(H,23,24). The van der Waals surface area contributed by atoms with Gasteiger partial charge in [-0.2, -0.15) is 0 Å². The Kier molecular flexibility index (Phi) is 4.45. The Labute approximate surface area is 146 Å². The van der Waals surface area contributed by atoms with E-state index in [2.05, 4.69) is 29.1 Å². The van der Waals surface area contributed by atoms with Crippen molar-refractivity contribution in [3.8, 4) is 5.88 Å². The van der Waals surface area contributed by atoms with Crippen LogP contribution in [0, 0.1) is 5.82 Å². The van der Waals surface area contributed by atoms with Gasteiger partial charge >= 0.3 is 0 Å². The largest absolute Gasteiger partial charge is 0.477 e. The first-order valence-corrected chi connectivity index (χ1v) is 8.41. The van der Waals surface area contributed by atoms with E-state index >= 15 is 0 Å². The van der Waals surface area contributed by atoms with E-state index in [4.69, 9.17) is 4.74 Å². The molecule has 0 saturated heterocycles. The minimum atomic E-state index is -0.359. The molecule has 0 aliphatic heterocycles. The fourth-order valence-electron chi connectivity index (χ4n) is 3.11. The van der Waals surface area contributed by atoms with Crippen molar-refractivity contribution in [3.05, 3.63) is 53.7 Å². The minimum Gasteiger partial charge on any atom is -0.477 e. The zero-order valence-corrected chi connectivity index (χ0v) is 14.7. The molecule has 1 aromatic carbocycles. The molecule has 0 unspecified atom stereocenters. The molecule has 0 radical (unpaired) electrons. The van der Waals surface area contributed by atoms with Crippen LogP contribution in [0.5, 0.6) is 5.88 Å². The van der Waals surface area contributed by atoms with Crippen molar-refractivity contribution in [3.63, 3.8) is 0 Å². The highest BCUT2D eigenvalue weighted by molar-refractivity contribution is 5.93. The normalized spacial score (nSPS) is 15.5. The molecule has 0 bridgehead atoms. The van der Waals surface area contributed by atoms with Crippen LogP contribution in [0.15, 0.2) is 36.7 Å². The molecule has 6 heteroatoms. The molecule has 1 heterocycles. The third kappa shape index (κ3) is 3.34. The summed E-state index contributed by atoms with van der Waals surface area (Å²) < 4.78 is 18.5. The Morgan fingerprint density at radius 1 is 1.24 bits per heavy atom. The Balaban J connectivity index is 1.76. The Morgan fingerprint density at radius 2 is 1.92 bits per heavy atom. The number of hydrogen-bond acceptors (Lipinski definition) is 4. The lowest BCUT2D eigenvalue weighted by Gasteiger charge is -2.36. The van der Waals surface area contributed by atoms with Gasteiger partial charge in [0.15, 0.2) is 0 Å². The van der Waals surface area contributed by atoms with Gasteiger partial charge in [0.2, 0.25) is 5.88 Å². The van der Waals surface area contributed by atoms with Gasteiger partial charge in [0, 0.05) is 11.0 Å². The van der Waals surface area contributed by atoms with Crippen molar-refractivity contribution < 1.29 is 13.9 Å². The molecule has 0 spiro atoms. The number of carbonyl (C=O) groups is 1. The van der Waals surface area contributed by atoms with Gasteiger partial charge in [-0.1, -0.05) is 26.0 Å². The molecule has 1 N–H and O–H groups in total. The van der Waals surface area contributed by atoms with Crippen molar-refractivity contribution >= 4 is 5.91 Å². The number of benzene rings is 1. The van der Waals surface area contributed by atoms with Crippen molar-refractivity contribution in [2.75, 3.05) is 6.61 Å². The summed E-state index contributed by atoms with van der Waals surface area (Å²) in [5.41, 5.74) is 0.561. The van der Waals surface area contributed by atoms with E-state index in [9.17, 15) is 9.18 Å². The smallest absolute Gasteiger partial charge is 0.271 e. The third-order valence-corrected chi connectivity index (χ3v) is 5.02. The first-order chi connectivity index (χ1) is 11.9. The van der Waals surface area contributed by atoms with E-state index in [0.29, 0.717) is 12.5 Å². The number of carbonyl (C=O) groups excluding carboxylic acids is 1. The summed E-state index contributed by atoms with van der Waals surface area (Å²) in [6, 6.07) is 6.45. The van der Waals surface area contributed by atoms with Crippen LogP contribution < -0.4 is 10.1 Å². The van der Waals surface area contributed by atoms with Gasteiger partial charge in [-0.25, -0.2) is 14.4 Å². The molecule has 25 heavy (non-hydrogen) atoms. The van der Waals surface area contributed by atoms with E-state index < -0.39 is 0 Å². The van der Waals surface area contributed by atoms with E-state index in [1.165, 1.54) is 24.5 Å². The van der Waals surface area contributed by atoms with Crippen molar-refractivity contribution in [2.45, 2.75) is 44.6 Å². The average Bonchev–Trinajstić information content (AvgIpc) is 3.37. The van der Waals surface area contributed by atoms with Crippen LogP contribution >= 0.6 is 0 Å². The van der Waals surface area contributed by atoms with Crippen LogP contribution in [0.2, 0.25) is 0 Å². The number of amides is 1. The van der Waals surface area contributed by atoms with Crippen LogP contribution in [-0.2, 0) is 5.41 Å². The van der Waals surface area contributed by atoms with Crippen molar-refractivity contribution in [1.82, 2.24) is 15.3 Å². The van der Waals surface area contributed by atoms with Crippen molar-refractivity contribution in [2.24, 2.45) is 0 Å². The number of nitrogens with zero attached hydrogens (tertiary/aromatic N) is 2. The second-order valence-corrected chi connectivity index (χ2v) is 6.84. The van der Waals surface area contributed by atoms with Crippen molar-refractivity contribution in [1.29, 1.82) is 0 Å². The Morgan fingerprint density at radius 3 is 2.44 bits per heavy atom. The van der Waals surface area contributed by atoms with Crippen LogP contribution in [0.25, 0.3) is 0 Å². The fraction of sp³-hybridized carbons (Fsp3) is 0.421. The Bertz CT molecular complexity index is 753. The summed E-state index contributed by atoms with van der Waals surface area (Å²) in [5.74, 6) is -0.131. The summed E-state index contributed by atoms with van der Waals surface area (Å²) in [6.45, 7) is 6.49. The Hall–Kier alpha value is -2.50. The predicted octanol–water partition coefficient (Wildman–Crippen LogP) is 3.25. The van der Waals surface area contributed by atoms with E-state index in [-0.39, 0.29) is 28.4 Å². The fourth-order valence-corrected chi connectivity index (χ4v) is 3.11. The van der Waals surface area contributed by atoms with Crippen LogP contribution in [-0.4, -0.2) is 28.0 Å². The van der Waals surface area contributed by atoms with Gasteiger partial charge in [-0.05, 0) is 37.5 Å². The SMILES string of the molecule is CCOc1cnc(C(=O)NC2(C(C)(C)c3ccc(F)cc3)CC2)cn1. The molecule has 1 aromatic heterocycles. The van der Waals surface area contributed by atoms with Gasteiger partial charge in [0.05, 0.1) is 19.0 Å². The topological polar surface area (TPSA) is 64.1 Å². The summed E-state index contributed by atoms with van der Waals surface area (Å²) in [4.78, 5) is 20.8. The number of aromatic nitrogens is 2. The molecule has 2 aromatic rings. The molecule has 0 atom stereocenters. The summed E-state index contributed by atoms with van der Waals surface area (Å²) in [7, 11) is 0. The van der Waals surface area contributed by atoms with E-state index in [1.54, 1.807) is 12.1 Å². The maximum absolute atomic E-state index is 13.2. The first kappa shape index (κ1) is 17.3. The number of rotatable bonds is 6. The molecule has 1 amide bonds. The quantitative estimate of drug-likeness (QED) is 0.874. The average molecular weight is 343 g/mol. The van der Waals surface area contributed by atoms with Crippen LogP contribution in [0.4, 0.5) is 4.39 Å². The minimum absolute atomic E-state index is 0.254. The van der Waals surface area contributed by atoms with Gasteiger partial charge in [-0.3, -0.25) is 4.79 Å². The van der Waals surface area contributed by atoms with E-state index in [1.807, 2.05) is 6.92 Å². The number of halogens is 1. The number of hydrogen-bond donors (Lipinski definition) is 1. The molecular weight excluding hydrogens is 321 g/mol. The molecule has 5 nitrogen and oxygen atoms in total. The van der Waals surface area contributed by atoms with E-state index in [0.717, 1.165) is 18.4 Å². The second-order valence-electron chi connectivity index (χ2n) is 6.84. The van der Waals surface area contributed by atoms with Gasteiger partial charge in [0.1, 0.15) is 11.5 Å². The van der Waals surface area contributed by atoms with Crippen LogP contribution in [0.1, 0.15) is 49.7 Å². The highest BCUT2D eigenvalue weighted by Gasteiger charge is 2.56. The van der Waals surface area contributed by atoms with Gasteiger partial charge in [0.25, 0.3) is 5.91 Å². The van der Waals surface area contributed by atoms with Gasteiger partial charge < -0.3 is 10.1 Å². The molecule has 132 valence electrons. The summed E-state index contributed by atoms with van der Waals surface area (Å²) >= 11 is 0. The second kappa shape index (κ2) is 6.43. The third-order valence-electron chi connectivity index (χ3n) is 5.02. The lowest BCUT2D eigenvalue weighted by molar-refractivity contribution is 0.0903. The molecule has 1 fully saturated rings. The van der Waals surface area contributed by atoms with Gasteiger partial charge in [-0.15, -0.1) is 0 Å². The molecule has 1 aliphatic rings. The number of ether oxygens (including phenoxy) is 1. The predicted molar refractivity (Wildman–Crippen MR) is 92.1 cm³/mol. The van der Waals surface area contributed by atoms with Crippen LogP contribution in [0.3, 0.4) is 0 Å². The first-order valence-electron chi connectivity index (χ1n) is 8.41. The summed E-state index contributed by atoms with van der Waals surface area (Å²) in [5, 5.41) is 3.11. The molecular formula is C19H22FN3O2. The highest BCUT2D eigenvalue weighted by atomic mass is 19.1. The summed E-state index contributed by atoms with van der Waals surface area (Å²) in [6.07, 6.45) is 4.60.